The van der Waals surface area contributed by atoms with Crippen LogP contribution in [0.4, 0.5) is 5.82 Å². The van der Waals surface area contributed by atoms with E-state index in [9.17, 15) is 8.42 Å². The molecule has 2 unspecified atom stereocenters. The van der Waals surface area contributed by atoms with Crippen LogP contribution in [0.15, 0.2) is 65.8 Å². The van der Waals surface area contributed by atoms with Gasteiger partial charge in [0.25, 0.3) is 10.1 Å². The molecule has 2 aromatic carbocycles. The van der Waals surface area contributed by atoms with Crippen molar-refractivity contribution in [1.82, 2.24) is 15.0 Å². The van der Waals surface area contributed by atoms with Gasteiger partial charge in [-0.1, -0.05) is 23.6 Å². The molecule has 2 atom stereocenters. The Morgan fingerprint density at radius 2 is 2.00 bits per heavy atom. The van der Waals surface area contributed by atoms with Crippen molar-refractivity contribution >= 4 is 43.6 Å². The minimum Gasteiger partial charge on any atom is -0.491 e. The van der Waals surface area contributed by atoms with Crippen molar-refractivity contribution in [1.29, 1.82) is 0 Å². The molecule has 5 rings (SSSR count). The molecule has 1 aliphatic heterocycles. The molecule has 1 saturated heterocycles. The molecule has 2 aromatic heterocycles. The van der Waals surface area contributed by atoms with Crippen LogP contribution >= 0.6 is 11.3 Å². The molecule has 1 aliphatic rings. The number of aryl methyl sites for hydroxylation is 1. The molecule has 0 radical (unpaired) electrons. The number of fused-ring (bicyclic) bond motifs is 1. The van der Waals surface area contributed by atoms with Gasteiger partial charge in [-0.3, -0.25) is 4.18 Å². The lowest BCUT2D eigenvalue weighted by Crippen LogP contribution is -2.35. The van der Waals surface area contributed by atoms with Crippen LogP contribution in [-0.2, 0) is 23.8 Å². The monoisotopic (exact) mass is 620 g/mol. The predicted molar refractivity (Wildman–Crippen MR) is 165 cm³/mol. The summed E-state index contributed by atoms with van der Waals surface area (Å²) >= 11 is 1.50. The van der Waals surface area contributed by atoms with Crippen LogP contribution in [-0.4, -0.2) is 62.6 Å². The minimum atomic E-state index is -3.96. The Labute approximate surface area is 255 Å². The molecule has 3 heterocycles. The summed E-state index contributed by atoms with van der Waals surface area (Å²) in [5.74, 6) is 7.19. The molecule has 0 amide bonds. The SMILES string of the molecule is CNc1cnc(C#C/C=C/c2nc3ccc(OCC(COS(=O)(=O)c4ccc(C)cc4)OC4CCCCO4)cc3s2)cn1. The number of allylic oxidation sites excluding steroid dienone is 1. The highest BCUT2D eigenvalue weighted by atomic mass is 32.2. The zero-order valence-corrected chi connectivity index (χ0v) is 25.5. The van der Waals surface area contributed by atoms with Gasteiger partial charge in [0.05, 0.1) is 34.1 Å². The van der Waals surface area contributed by atoms with Crippen molar-refractivity contribution in [3.8, 4) is 17.6 Å². The van der Waals surface area contributed by atoms with Crippen LogP contribution in [0.1, 0.15) is 35.5 Å². The number of hydrogen-bond donors (Lipinski definition) is 1. The summed E-state index contributed by atoms with van der Waals surface area (Å²) < 4.78 is 49.7. The fourth-order valence-electron chi connectivity index (χ4n) is 4.12. The van der Waals surface area contributed by atoms with Gasteiger partial charge in [0, 0.05) is 13.7 Å². The average molecular weight is 621 g/mol. The van der Waals surface area contributed by atoms with E-state index in [4.69, 9.17) is 18.4 Å². The van der Waals surface area contributed by atoms with E-state index >= 15 is 0 Å². The Kier molecular flexibility index (Phi) is 10.3. The quantitative estimate of drug-likeness (QED) is 0.177. The molecule has 1 N–H and O–H groups in total. The maximum absolute atomic E-state index is 12.8. The Morgan fingerprint density at radius 1 is 1.14 bits per heavy atom. The van der Waals surface area contributed by atoms with Crippen molar-refractivity contribution in [2.75, 3.05) is 32.2 Å². The highest BCUT2D eigenvalue weighted by Gasteiger charge is 2.24. The molecule has 12 heteroatoms. The molecule has 1 fully saturated rings. The lowest BCUT2D eigenvalue weighted by atomic mass is 10.2. The molecular weight excluding hydrogens is 588 g/mol. The number of hydrogen-bond acceptors (Lipinski definition) is 11. The molecule has 4 aromatic rings. The maximum Gasteiger partial charge on any atom is 0.297 e. The summed E-state index contributed by atoms with van der Waals surface area (Å²) in [6.07, 6.45) is 8.37. The molecule has 0 aliphatic carbocycles. The molecule has 0 spiro atoms. The van der Waals surface area contributed by atoms with Crippen molar-refractivity contribution in [3.63, 3.8) is 0 Å². The lowest BCUT2D eigenvalue weighted by molar-refractivity contribution is -0.198. The Morgan fingerprint density at radius 3 is 2.74 bits per heavy atom. The van der Waals surface area contributed by atoms with Crippen LogP contribution in [0.3, 0.4) is 0 Å². The lowest BCUT2D eigenvalue weighted by Gasteiger charge is -2.27. The maximum atomic E-state index is 12.8. The van der Waals surface area contributed by atoms with E-state index < -0.39 is 22.5 Å². The van der Waals surface area contributed by atoms with Gasteiger partial charge in [-0.05, 0) is 74.6 Å². The third-order valence-corrected chi connectivity index (χ3v) is 8.71. The van der Waals surface area contributed by atoms with E-state index in [1.807, 2.05) is 31.2 Å². The predicted octanol–water partition coefficient (Wildman–Crippen LogP) is 5.20. The van der Waals surface area contributed by atoms with Gasteiger partial charge in [0.15, 0.2) is 6.29 Å². The van der Waals surface area contributed by atoms with Crippen LogP contribution in [0.5, 0.6) is 5.75 Å². The second-order valence-electron chi connectivity index (χ2n) is 9.74. The summed E-state index contributed by atoms with van der Waals surface area (Å²) in [7, 11) is -2.18. The third kappa shape index (κ3) is 8.82. The van der Waals surface area contributed by atoms with Gasteiger partial charge in [0.2, 0.25) is 0 Å². The fourth-order valence-corrected chi connectivity index (χ4v) is 5.96. The molecule has 0 saturated carbocycles. The highest BCUT2D eigenvalue weighted by Crippen LogP contribution is 2.27. The van der Waals surface area contributed by atoms with E-state index in [-0.39, 0.29) is 18.1 Å². The number of anilines is 1. The number of nitrogens with one attached hydrogen (secondary N) is 1. The molecule has 10 nitrogen and oxygen atoms in total. The first-order valence-corrected chi connectivity index (χ1v) is 16.0. The number of ether oxygens (including phenoxy) is 3. The number of thiazole rings is 1. The number of rotatable bonds is 11. The van der Waals surface area contributed by atoms with Crippen molar-refractivity contribution in [2.45, 2.75) is 43.5 Å². The largest absolute Gasteiger partial charge is 0.491 e. The van der Waals surface area contributed by atoms with Crippen molar-refractivity contribution < 1.29 is 26.8 Å². The Bertz CT molecular complexity index is 1710. The van der Waals surface area contributed by atoms with Crippen LogP contribution < -0.4 is 10.1 Å². The number of nitrogens with zero attached hydrogens (tertiary/aromatic N) is 3. The summed E-state index contributed by atoms with van der Waals surface area (Å²) in [4.78, 5) is 13.1. The zero-order valence-electron chi connectivity index (χ0n) is 23.9. The number of aromatic nitrogens is 3. The summed E-state index contributed by atoms with van der Waals surface area (Å²) in [5, 5.41) is 3.71. The summed E-state index contributed by atoms with van der Waals surface area (Å²) in [6.45, 7) is 2.36. The average Bonchev–Trinajstić information content (AvgIpc) is 3.44. The minimum absolute atomic E-state index is 0.0775. The van der Waals surface area contributed by atoms with E-state index in [1.54, 1.807) is 37.7 Å². The van der Waals surface area contributed by atoms with Crippen molar-refractivity contribution in [2.24, 2.45) is 0 Å². The van der Waals surface area contributed by atoms with Gasteiger partial charge in [0.1, 0.15) is 35.0 Å². The second-order valence-corrected chi connectivity index (χ2v) is 12.4. The van der Waals surface area contributed by atoms with Crippen LogP contribution in [0, 0.1) is 18.8 Å². The second kappa shape index (κ2) is 14.5. The van der Waals surface area contributed by atoms with Gasteiger partial charge in [-0.2, -0.15) is 8.42 Å². The normalized spacial score (nSPS) is 16.1. The van der Waals surface area contributed by atoms with E-state index in [1.165, 1.54) is 23.5 Å². The van der Waals surface area contributed by atoms with Gasteiger partial charge >= 0.3 is 0 Å². The standard InChI is InChI=1S/C31H32N4O6S2/c1-22-10-13-26(14-11-22)43(36,37)40-21-25(41-31-9-5-6-16-38-31)20-39-24-12-15-27-28(17-24)42-30(35-27)8-4-3-7-23-18-34-29(32-2)19-33-23/h4,8,10-15,17-19,25,31H,5-6,9,16,20-21H2,1-2H3,(H,32,34)/b8-4+. The van der Waals surface area contributed by atoms with E-state index in [0.717, 1.165) is 40.1 Å². The van der Waals surface area contributed by atoms with E-state index in [0.29, 0.717) is 23.9 Å². The van der Waals surface area contributed by atoms with Gasteiger partial charge < -0.3 is 19.5 Å². The fraction of sp³-hybridized carbons (Fsp3) is 0.323. The first kappa shape index (κ1) is 30.6. The van der Waals surface area contributed by atoms with Gasteiger partial charge in [-0.15, -0.1) is 11.3 Å². The molecule has 0 bridgehead atoms. The highest BCUT2D eigenvalue weighted by molar-refractivity contribution is 7.86. The molecule has 43 heavy (non-hydrogen) atoms. The third-order valence-electron chi connectivity index (χ3n) is 6.43. The first-order valence-electron chi connectivity index (χ1n) is 13.8. The topological polar surface area (TPSA) is 122 Å². The zero-order chi connectivity index (χ0) is 30.1. The number of benzene rings is 2. The first-order chi connectivity index (χ1) is 20.9. The smallest absolute Gasteiger partial charge is 0.297 e. The van der Waals surface area contributed by atoms with Gasteiger partial charge in [-0.25, -0.2) is 15.0 Å². The summed E-state index contributed by atoms with van der Waals surface area (Å²) in [5.41, 5.74) is 2.36. The summed E-state index contributed by atoms with van der Waals surface area (Å²) in [6, 6.07) is 12.1. The van der Waals surface area contributed by atoms with Crippen LogP contribution in [0.25, 0.3) is 16.3 Å². The molecular formula is C31H32N4O6S2. The van der Waals surface area contributed by atoms with Crippen molar-refractivity contribution in [3.05, 3.63) is 77.2 Å². The van der Waals surface area contributed by atoms with Crippen LogP contribution in [0.2, 0.25) is 0 Å². The molecule has 224 valence electrons. The Hall–Kier alpha value is -3.86. The van der Waals surface area contributed by atoms with E-state index in [2.05, 4.69) is 32.1 Å². The Balaban J connectivity index is 1.22.